The van der Waals surface area contributed by atoms with Gasteiger partial charge in [-0.25, -0.2) is 8.42 Å². The van der Waals surface area contributed by atoms with E-state index in [4.69, 9.17) is 10.5 Å². The number of ether oxygens (including phenoxy) is 1. The molecular weight excluding hydrogens is 288 g/mol. The molecule has 0 bridgehead atoms. The van der Waals surface area contributed by atoms with Gasteiger partial charge in [-0.15, -0.1) is 0 Å². The number of aryl methyl sites for hydroxylation is 2. The number of piperidine rings is 1. The Bertz CT molecular complexity index is 641. The van der Waals surface area contributed by atoms with Gasteiger partial charge in [0, 0.05) is 25.9 Å². The van der Waals surface area contributed by atoms with Crippen molar-refractivity contribution in [1.29, 1.82) is 0 Å². The van der Waals surface area contributed by atoms with Gasteiger partial charge >= 0.3 is 0 Å². The molecule has 5 nitrogen and oxygen atoms in total. The molecule has 0 spiro atoms. The monoisotopic (exact) mass is 312 g/mol. The van der Waals surface area contributed by atoms with Crippen LogP contribution in [-0.4, -0.2) is 39.0 Å². The first kappa shape index (κ1) is 16.3. The van der Waals surface area contributed by atoms with E-state index in [1.54, 1.807) is 14.0 Å². The van der Waals surface area contributed by atoms with Crippen LogP contribution in [0.2, 0.25) is 0 Å². The lowest BCUT2D eigenvalue weighted by atomic mass is 10.1. The maximum Gasteiger partial charge on any atom is 0.243 e. The Morgan fingerprint density at radius 1 is 1.29 bits per heavy atom. The molecule has 2 N–H and O–H groups in total. The summed E-state index contributed by atoms with van der Waals surface area (Å²) in [4.78, 5) is 0.349. The van der Waals surface area contributed by atoms with Crippen LogP contribution in [0.15, 0.2) is 11.0 Å². The number of rotatable bonds is 3. The van der Waals surface area contributed by atoms with Gasteiger partial charge in [-0.2, -0.15) is 4.31 Å². The van der Waals surface area contributed by atoms with E-state index < -0.39 is 10.0 Å². The lowest BCUT2D eigenvalue weighted by Gasteiger charge is -2.32. The van der Waals surface area contributed by atoms with Crippen LogP contribution in [0.1, 0.15) is 29.5 Å². The van der Waals surface area contributed by atoms with Crippen LogP contribution in [0.25, 0.3) is 0 Å². The van der Waals surface area contributed by atoms with Crippen molar-refractivity contribution in [2.75, 3.05) is 25.9 Å². The SMILES string of the molecule is COC1CCCN(S(=O)(=O)c2c(C)cc(C)c(N)c2C)C1. The minimum Gasteiger partial charge on any atom is -0.398 e. The van der Waals surface area contributed by atoms with Crippen LogP contribution < -0.4 is 5.73 Å². The van der Waals surface area contributed by atoms with Crippen molar-refractivity contribution in [2.24, 2.45) is 0 Å². The van der Waals surface area contributed by atoms with Gasteiger partial charge in [0.1, 0.15) is 0 Å². The minimum absolute atomic E-state index is 0.0306. The Labute approximate surface area is 127 Å². The molecule has 1 aliphatic heterocycles. The van der Waals surface area contributed by atoms with Gasteiger partial charge in [0.15, 0.2) is 0 Å². The molecule has 1 atom stereocenters. The highest BCUT2D eigenvalue weighted by Crippen LogP contribution is 2.31. The normalized spacial score (nSPS) is 20.7. The standard InChI is InChI=1S/C15H24N2O3S/c1-10-8-11(2)15(12(3)14(10)16)21(18,19)17-7-5-6-13(9-17)20-4/h8,13H,5-7,9,16H2,1-4H3. The Morgan fingerprint density at radius 3 is 2.57 bits per heavy atom. The fourth-order valence-corrected chi connectivity index (χ4v) is 4.98. The van der Waals surface area contributed by atoms with E-state index in [0.717, 1.165) is 24.0 Å². The molecule has 0 amide bonds. The third-order valence-corrected chi connectivity index (χ3v) is 6.39. The quantitative estimate of drug-likeness (QED) is 0.866. The first-order chi connectivity index (χ1) is 9.78. The molecule has 118 valence electrons. The lowest BCUT2D eigenvalue weighted by molar-refractivity contribution is 0.0571. The van der Waals surface area contributed by atoms with Crippen LogP contribution in [0.3, 0.4) is 0 Å². The minimum atomic E-state index is -3.53. The summed E-state index contributed by atoms with van der Waals surface area (Å²) in [6, 6.07) is 1.84. The van der Waals surface area contributed by atoms with Crippen LogP contribution in [0, 0.1) is 20.8 Å². The van der Waals surface area contributed by atoms with Gasteiger partial charge < -0.3 is 10.5 Å². The lowest BCUT2D eigenvalue weighted by Crippen LogP contribution is -2.43. The molecule has 1 unspecified atom stereocenters. The number of anilines is 1. The molecule has 21 heavy (non-hydrogen) atoms. The van der Waals surface area contributed by atoms with E-state index in [-0.39, 0.29) is 6.10 Å². The zero-order chi connectivity index (χ0) is 15.8. The zero-order valence-corrected chi connectivity index (χ0v) is 14.0. The summed E-state index contributed by atoms with van der Waals surface area (Å²) in [5.41, 5.74) is 8.89. The second-order valence-electron chi connectivity index (χ2n) is 5.74. The van der Waals surface area contributed by atoms with E-state index >= 15 is 0 Å². The van der Waals surface area contributed by atoms with Crippen molar-refractivity contribution in [3.63, 3.8) is 0 Å². The second-order valence-corrected chi connectivity index (χ2v) is 7.62. The van der Waals surface area contributed by atoms with E-state index in [0.29, 0.717) is 29.2 Å². The third kappa shape index (κ3) is 2.93. The van der Waals surface area contributed by atoms with Crippen molar-refractivity contribution in [1.82, 2.24) is 4.31 Å². The Kier molecular flexibility index (Phi) is 4.60. The Hall–Kier alpha value is -1.11. The van der Waals surface area contributed by atoms with Crippen LogP contribution in [0.4, 0.5) is 5.69 Å². The molecule has 1 heterocycles. The fourth-order valence-electron chi connectivity index (χ4n) is 3.02. The molecule has 0 aromatic heterocycles. The molecule has 1 aromatic rings. The number of nitrogen functional groups attached to an aromatic ring is 1. The highest BCUT2D eigenvalue weighted by molar-refractivity contribution is 7.89. The van der Waals surface area contributed by atoms with Crippen LogP contribution >= 0.6 is 0 Å². The maximum absolute atomic E-state index is 13.0. The largest absolute Gasteiger partial charge is 0.398 e. The average Bonchev–Trinajstić information content (AvgIpc) is 2.44. The van der Waals surface area contributed by atoms with Gasteiger partial charge in [-0.1, -0.05) is 6.07 Å². The summed E-state index contributed by atoms with van der Waals surface area (Å²) in [6.07, 6.45) is 1.69. The average molecular weight is 312 g/mol. The van der Waals surface area contributed by atoms with Gasteiger partial charge in [-0.3, -0.25) is 0 Å². The molecule has 2 rings (SSSR count). The molecule has 0 saturated carbocycles. The number of hydrogen-bond donors (Lipinski definition) is 1. The van der Waals surface area contributed by atoms with E-state index in [9.17, 15) is 8.42 Å². The summed E-state index contributed by atoms with van der Waals surface area (Å²) in [5, 5.41) is 0. The molecular formula is C15H24N2O3S. The van der Waals surface area contributed by atoms with Crippen molar-refractivity contribution in [2.45, 2.75) is 44.6 Å². The molecule has 6 heteroatoms. The van der Waals surface area contributed by atoms with Gasteiger partial charge in [0.25, 0.3) is 0 Å². The highest BCUT2D eigenvalue weighted by atomic mass is 32.2. The predicted octanol–water partition coefficient (Wildman–Crippen LogP) is 1.99. The van der Waals surface area contributed by atoms with Gasteiger partial charge in [0.2, 0.25) is 10.0 Å². The topological polar surface area (TPSA) is 72.6 Å². The van der Waals surface area contributed by atoms with Crippen LogP contribution in [-0.2, 0) is 14.8 Å². The molecule has 0 aliphatic carbocycles. The van der Waals surface area contributed by atoms with Crippen molar-refractivity contribution in [3.8, 4) is 0 Å². The van der Waals surface area contributed by atoms with Crippen molar-refractivity contribution < 1.29 is 13.2 Å². The molecule has 1 saturated heterocycles. The summed E-state index contributed by atoms with van der Waals surface area (Å²) in [5.74, 6) is 0. The number of methoxy groups -OCH3 is 1. The van der Waals surface area contributed by atoms with E-state index in [2.05, 4.69) is 0 Å². The number of nitrogens with zero attached hydrogens (tertiary/aromatic N) is 1. The number of nitrogens with two attached hydrogens (primary N) is 1. The number of benzene rings is 1. The van der Waals surface area contributed by atoms with Crippen molar-refractivity contribution >= 4 is 15.7 Å². The fraction of sp³-hybridized carbons (Fsp3) is 0.600. The predicted molar refractivity (Wildman–Crippen MR) is 83.9 cm³/mol. The summed E-state index contributed by atoms with van der Waals surface area (Å²) >= 11 is 0. The van der Waals surface area contributed by atoms with E-state index in [1.165, 1.54) is 4.31 Å². The smallest absolute Gasteiger partial charge is 0.243 e. The Morgan fingerprint density at radius 2 is 1.95 bits per heavy atom. The Balaban J connectivity index is 2.47. The summed E-state index contributed by atoms with van der Waals surface area (Å²) < 4.78 is 32.8. The molecule has 1 fully saturated rings. The number of hydrogen-bond acceptors (Lipinski definition) is 4. The molecule has 1 aliphatic rings. The summed E-state index contributed by atoms with van der Waals surface area (Å²) in [6.45, 7) is 6.44. The highest BCUT2D eigenvalue weighted by Gasteiger charge is 2.33. The maximum atomic E-state index is 13.0. The first-order valence-corrected chi connectivity index (χ1v) is 8.62. The van der Waals surface area contributed by atoms with E-state index in [1.807, 2.05) is 19.9 Å². The summed E-state index contributed by atoms with van der Waals surface area (Å²) in [7, 11) is -1.91. The second kappa shape index (κ2) is 5.94. The molecule has 1 aromatic carbocycles. The van der Waals surface area contributed by atoms with Crippen molar-refractivity contribution in [3.05, 3.63) is 22.8 Å². The molecule has 0 radical (unpaired) electrons. The van der Waals surface area contributed by atoms with Gasteiger partial charge in [-0.05, 0) is 50.3 Å². The third-order valence-electron chi connectivity index (χ3n) is 4.23. The van der Waals surface area contributed by atoms with Gasteiger partial charge in [0.05, 0.1) is 11.0 Å². The number of sulfonamides is 1. The first-order valence-electron chi connectivity index (χ1n) is 7.18. The van der Waals surface area contributed by atoms with Crippen LogP contribution in [0.5, 0.6) is 0 Å². The zero-order valence-electron chi connectivity index (χ0n) is 13.1.